The fourth-order valence-electron chi connectivity index (χ4n) is 2.58. The van der Waals surface area contributed by atoms with Crippen LogP contribution in [-0.4, -0.2) is 27.8 Å². The predicted octanol–water partition coefficient (Wildman–Crippen LogP) is 3.77. The molecule has 136 valence electrons. The van der Waals surface area contributed by atoms with Gasteiger partial charge in [0.25, 0.3) is 5.56 Å². The number of hydrogen-bond donors (Lipinski definition) is 1. The predicted molar refractivity (Wildman–Crippen MR) is 104 cm³/mol. The Morgan fingerprint density at radius 2 is 2.04 bits per heavy atom. The second-order valence-electron chi connectivity index (χ2n) is 6.19. The monoisotopic (exact) mass is 361 g/mol. The van der Waals surface area contributed by atoms with Crippen molar-refractivity contribution in [3.63, 3.8) is 0 Å². The molecule has 0 aliphatic heterocycles. The number of carbonyl (C=O) groups is 1. The van der Waals surface area contributed by atoms with Crippen LogP contribution in [0.2, 0.25) is 0 Å². The number of nitrogens with zero attached hydrogens (tertiary/aromatic N) is 2. The van der Waals surface area contributed by atoms with Crippen LogP contribution < -0.4 is 10.9 Å². The Morgan fingerprint density at radius 3 is 2.76 bits per heavy atom. The lowest BCUT2D eigenvalue weighted by Gasteiger charge is -2.18. The molecule has 1 aromatic heterocycles. The third-order valence-electron chi connectivity index (χ3n) is 4.24. The Bertz CT molecular complexity index is 773. The maximum absolute atomic E-state index is 12.8. The minimum atomic E-state index is -0.0363. The van der Waals surface area contributed by atoms with E-state index in [2.05, 4.69) is 17.2 Å². The Kier molecular flexibility index (Phi) is 7.50. The summed E-state index contributed by atoms with van der Waals surface area (Å²) in [6.45, 7) is 6.89. The minimum absolute atomic E-state index is 0.0146. The zero-order valence-corrected chi connectivity index (χ0v) is 16.1. The number of rotatable bonds is 9. The summed E-state index contributed by atoms with van der Waals surface area (Å²) in [6.07, 6.45) is 4.08. The van der Waals surface area contributed by atoms with Crippen LogP contribution in [0.4, 0.5) is 0 Å². The SMILES string of the molecule is CCCCCNC(=O)CSc1nc2ccccc2c(=O)n1[C@@H](C)CC. The standard InChI is InChI=1S/C19H27N3O2S/c1-4-6-9-12-20-17(23)13-25-19-21-16-11-8-7-10-15(16)18(24)22(19)14(3)5-2/h7-8,10-11,14H,4-6,9,12-13H2,1-3H3,(H,20,23)/t14-/m0/s1. The average molecular weight is 362 g/mol. The van der Waals surface area contributed by atoms with Gasteiger partial charge in [-0.1, -0.05) is 50.6 Å². The van der Waals surface area contributed by atoms with Gasteiger partial charge < -0.3 is 5.32 Å². The number of aromatic nitrogens is 2. The van der Waals surface area contributed by atoms with Crippen LogP contribution in [0.15, 0.2) is 34.2 Å². The van der Waals surface area contributed by atoms with Crippen LogP contribution in [-0.2, 0) is 4.79 Å². The quantitative estimate of drug-likeness (QED) is 0.419. The number of fused-ring (bicyclic) bond motifs is 1. The topological polar surface area (TPSA) is 64.0 Å². The van der Waals surface area contributed by atoms with Crippen molar-refractivity contribution < 1.29 is 4.79 Å². The smallest absolute Gasteiger partial charge is 0.262 e. The molecule has 0 bridgehead atoms. The van der Waals surface area contributed by atoms with Gasteiger partial charge >= 0.3 is 0 Å². The van der Waals surface area contributed by atoms with Gasteiger partial charge in [-0.15, -0.1) is 0 Å². The van der Waals surface area contributed by atoms with Crippen LogP contribution in [0.1, 0.15) is 52.5 Å². The van der Waals surface area contributed by atoms with Crippen molar-refractivity contribution >= 4 is 28.6 Å². The van der Waals surface area contributed by atoms with Crippen molar-refractivity contribution in [1.82, 2.24) is 14.9 Å². The highest BCUT2D eigenvalue weighted by molar-refractivity contribution is 7.99. The van der Waals surface area contributed by atoms with Crippen molar-refractivity contribution in [3.05, 3.63) is 34.6 Å². The molecule has 0 spiro atoms. The summed E-state index contributed by atoms with van der Waals surface area (Å²) in [7, 11) is 0. The molecule has 0 unspecified atom stereocenters. The molecule has 0 radical (unpaired) electrons. The van der Waals surface area contributed by atoms with Crippen molar-refractivity contribution in [1.29, 1.82) is 0 Å². The summed E-state index contributed by atoms with van der Waals surface area (Å²) in [5.41, 5.74) is 0.642. The van der Waals surface area contributed by atoms with Crippen molar-refractivity contribution in [2.45, 2.75) is 57.7 Å². The Hall–Kier alpha value is -1.82. The summed E-state index contributed by atoms with van der Waals surface area (Å²) in [6, 6.07) is 7.41. The second-order valence-corrected chi connectivity index (χ2v) is 7.13. The van der Waals surface area contributed by atoms with E-state index in [1.807, 2.05) is 32.0 Å². The second kappa shape index (κ2) is 9.61. The molecule has 0 saturated carbocycles. The minimum Gasteiger partial charge on any atom is -0.355 e. The van der Waals surface area contributed by atoms with Gasteiger partial charge in [0.1, 0.15) is 0 Å². The molecule has 2 aromatic rings. The van der Waals surface area contributed by atoms with E-state index >= 15 is 0 Å². The molecule has 6 heteroatoms. The van der Waals surface area contributed by atoms with E-state index in [0.717, 1.165) is 25.7 Å². The van der Waals surface area contributed by atoms with E-state index < -0.39 is 0 Å². The van der Waals surface area contributed by atoms with Gasteiger partial charge in [-0.3, -0.25) is 14.2 Å². The first kappa shape index (κ1) is 19.5. The van der Waals surface area contributed by atoms with E-state index in [-0.39, 0.29) is 23.3 Å². The summed E-state index contributed by atoms with van der Waals surface area (Å²) in [5.74, 6) is 0.257. The van der Waals surface area contributed by atoms with Crippen molar-refractivity contribution in [2.75, 3.05) is 12.3 Å². The molecule has 25 heavy (non-hydrogen) atoms. The molecule has 0 fully saturated rings. The summed E-state index contributed by atoms with van der Waals surface area (Å²) in [5, 5.41) is 4.16. The molecule has 1 amide bonds. The first-order chi connectivity index (χ1) is 12.1. The van der Waals surface area contributed by atoms with E-state index in [1.165, 1.54) is 11.8 Å². The molecule has 2 rings (SSSR count). The highest BCUT2D eigenvalue weighted by atomic mass is 32.2. The number of amides is 1. The fourth-order valence-corrected chi connectivity index (χ4v) is 3.51. The molecule has 1 aromatic carbocycles. The lowest BCUT2D eigenvalue weighted by molar-refractivity contribution is -0.118. The molecule has 1 heterocycles. The number of nitrogens with one attached hydrogen (secondary N) is 1. The molecule has 1 N–H and O–H groups in total. The molecular formula is C19H27N3O2S. The molecule has 0 aliphatic carbocycles. The summed E-state index contributed by atoms with van der Waals surface area (Å²) in [4.78, 5) is 29.5. The van der Waals surface area contributed by atoms with Crippen LogP contribution in [0.3, 0.4) is 0 Å². The molecule has 5 nitrogen and oxygen atoms in total. The highest BCUT2D eigenvalue weighted by Crippen LogP contribution is 2.22. The maximum atomic E-state index is 12.8. The number of unbranched alkanes of at least 4 members (excludes halogenated alkanes) is 2. The number of benzene rings is 1. The van der Waals surface area contributed by atoms with Gasteiger partial charge in [0.15, 0.2) is 5.16 Å². The largest absolute Gasteiger partial charge is 0.355 e. The fraction of sp³-hybridized carbons (Fsp3) is 0.526. The lowest BCUT2D eigenvalue weighted by Crippen LogP contribution is -2.28. The van der Waals surface area contributed by atoms with Gasteiger partial charge in [-0.2, -0.15) is 0 Å². The van der Waals surface area contributed by atoms with Crippen LogP contribution in [0, 0.1) is 0 Å². The summed E-state index contributed by atoms with van der Waals surface area (Å²) >= 11 is 1.33. The van der Waals surface area contributed by atoms with Gasteiger partial charge in [0, 0.05) is 12.6 Å². The van der Waals surface area contributed by atoms with Crippen LogP contribution in [0.5, 0.6) is 0 Å². The van der Waals surface area contributed by atoms with Gasteiger partial charge in [0.05, 0.1) is 16.7 Å². The number of carbonyl (C=O) groups excluding carboxylic acids is 1. The van der Waals surface area contributed by atoms with Crippen LogP contribution >= 0.6 is 11.8 Å². The Balaban J connectivity index is 2.18. The first-order valence-corrected chi connectivity index (χ1v) is 9.97. The molecular weight excluding hydrogens is 334 g/mol. The molecule has 0 aliphatic rings. The average Bonchev–Trinajstić information content (AvgIpc) is 2.63. The van der Waals surface area contributed by atoms with E-state index in [0.29, 0.717) is 22.6 Å². The first-order valence-electron chi connectivity index (χ1n) is 8.99. The third kappa shape index (κ3) is 5.08. The normalized spacial score (nSPS) is 12.3. The summed E-state index contributed by atoms with van der Waals surface area (Å²) < 4.78 is 1.72. The number of hydrogen-bond acceptors (Lipinski definition) is 4. The van der Waals surface area contributed by atoms with E-state index in [1.54, 1.807) is 10.6 Å². The highest BCUT2D eigenvalue weighted by Gasteiger charge is 2.16. The Labute approximate surface area is 153 Å². The van der Waals surface area contributed by atoms with Gasteiger partial charge in [-0.05, 0) is 31.9 Å². The van der Waals surface area contributed by atoms with Gasteiger partial charge in [-0.25, -0.2) is 4.98 Å². The zero-order chi connectivity index (χ0) is 18.2. The zero-order valence-electron chi connectivity index (χ0n) is 15.2. The Morgan fingerprint density at radius 1 is 1.28 bits per heavy atom. The maximum Gasteiger partial charge on any atom is 0.262 e. The van der Waals surface area contributed by atoms with E-state index in [4.69, 9.17) is 0 Å². The van der Waals surface area contributed by atoms with E-state index in [9.17, 15) is 9.59 Å². The molecule has 0 saturated heterocycles. The lowest BCUT2D eigenvalue weighted by atomic mass is 10.2. The third-order valence-corrected chi connectivity index (χ3v) is 5.19. The number of para-hydroxylation sites is 1. The van der Waals surface area contributed by atoms with Crippen molar-refractivity contribution in [2.24, 2.45) is 0 Å². The molecule has 1 atom stereocenters. The van der Waals surface area contributed by atoms with Crippen LogP contribution in [0.25, 0.3) is 10.9 Å². The van der Waals surface area contributed by atoms with Crippen molar-refractivity contribution in [3.8, 4) is 0 Å². The number of thioether (sulfide) groups is 1. The van der Waals surface area contributed by atoms with Gasteiger partial charge in [0.2, 0.25) is 5.91 Å².